The summed E-state index contributed by atoms with van der Waals surface area (Å²) in [5.41, 5.74) is 0.951. The highest BCUT2D eigenvalue weighted by Gasteiger charge is 2.13. The first kappa shape index (κ1) is 14.9. The fourth-order valence-electron chi connectivity index (χ4n) is 1.53. The quantitative estimate of drug-likeness (QED) is 0.783. The summed E-state index contributed by atoms with van der Waals surface area (Å²) >= 11 is 0. The Hall–Kier alpha value is -1.13. The van der Waals surface area contributed by atoms with Gasteiger partial charge < -0.3 is 15.4 Å². The Kier molecular flexibility index (Phi) is 5.56. The van der Waals surface area contributed by atoms with Crippen molar-refractivity contribution in [2.75, 3.05) is 20.2 Å². The highest BCUT2D eigenvalue weighted by atomic mass is 19.1. The first-order valence-electron chi connectivity index (χ1n) is 6.29. The Morgan fingerprint density at radius 3 is 2.61 bits per heavy atom. The van der Waals surface area contributed by atoms with E-state index in [4.69, 9.17) is 4.74 Å². The molecule has 0 aromatic heterocycles. The molecule has 0 aliphatic heterocycles. The smallest absolute Gasteiger partial charge is 0.165 e. The van der Waals surface area contributed by atoms with Crippen molar-refractivity contribution >= 4 is 0 Å². The van der Waals surface area contributed by atoms with Gasteiger partial charge in [-0.2, -0.15) is 0 Å². The Morgan fingerprint density at radius 1 is 1.33 bits per heavy atom. The van der Waals surface area contributed by atoms with Crippen molar-refractivity contribution in [2.45, 2.75) is 32.9 Å². The Labute approximate surface area is 109 Å². The van der Waals surface area contributed by atoms with Gasteiger partial charge >= 0.3 is 0 Å². The van der Waals surface area contributed by atoms with Crippen LogP contribution in [0.5, 0.6) is 5.75 Å². The maximum Gasteiger partial charge on any atom is 0.165 e. The lowest BCUT2D eigenvalue weighted by molar-refractivity contribution is 0.321. The van der Waals surface area contributed by atoms with Gasteiger partial charge in [0.1, 0.15) is 0 Å². The van der Waals surface area contributed by atoms with E-state index in [1.807, 2.05) is 20.0 Å². The maximum atomic E-state index is 13.6. The van der Waals surface area contributed by atoms with Gasteiger partial charge in [0.25, 0.3) is 0 Å². The van der Waals surface area contributed by atoms with E-state index in [1.54, 1.807) is 6.07 Å². The molecular weight excluding hydrogens is 231 g/mol. The van der Waals surface area contributed by atoms with E-state index >= 15 is 0 Å². The van der Waals surface area contributed by atoms with E-state index in [2.05, 4.69) is 24.5 Å². The number of ether oxygens (including phenoxy) is 1. The monoisotopic (exact) mass is 254 g/mol. The molecule has 0 amide bonds. The van der Waals surface area contributed by atoms with Crippen LogP contribution < -0.4 is 15.4 Å². The van der Waals surface area contributed by atoms with Gasteiger partial charge in [-0.3, -0.25) is 0 Å². The Bertz CT molecular complexity index is 380. The number of benzene rings is 1. The van der Waals surface area contributed by atoms with Crippen LogP contribution in [0.3, 0.4) is 0 Å². The fraction of sp³-hybridized carbons (Fsp3) is 0.571. The van der Waals surface area contributed by atoms with E-state index in [0.29, 0.717) is 18.9 Å². The van der Waals surface area contributed by atoms with Crippen LogP contribution in [-0.2, 0) is 6.54 Å². The van der Waals surface area contributed by atoms with Crippen LogP contribution in [0.2, 0.25) is 0 Å². The molecule has 0 unspecified atom stereocenters. The lowest BCUT2D eigenvalue weighted by Gasteiger charge is -2.24. The van der Waals surface area contributed by atoms with Crippen molar-refractivity contribution in [1.29, 1.82) is 0 Å². The second kappa shape index (κ2) is 6.71. The number of hydrogen-bond acceptors (Lipinski definition) is 3. The summed E-state index contributed by atoms with van der Waals surface area (Å²) in [5, 5.41) is 6.51. The van der Waals surface area contributed by atoms with E-state index in [0.717, 1.165) is 12.1 Å². The van der Waals surface area contributed by atoms with Gasteiger partial charge in [-0.1, -0.05) is 6.07 Å². The molecule has 0 saturated carbocycles. The fourth-order valence-corrected chi connectivity index (χ4v) is 1.53. The van der Waals surface area contributed by atoms with Crippen LogP contribution in [0.4, 0.5) is 4.39 Å². The summed E-state index contributed by atoms with van der Waals surface area (Å²) in [6.07, 6.45) is 0. The molecule has 2 N–H and O–H groups in total. The number of nitrogens with one attached hydrogen (secondary N) is 2. The largest absolute Gasteiger partial charge is 0.491 e. The molecule has 0 aliphatic rings. The molecule has 0 saturated heterocycles. The highest BCUT2D eigenvalue weighted by Crippen LogP contribution is 2.18. The summed E-state index contributed by atoms with van der Waals surface area (Å²) in [5.74, 6) is 0.0147. The van der Waals surface area contributed by atoms with Gasteiger partial charge in [0.2, 0.25) is 0 Å². The molecule has 1 aromatic carbocycles. The molecule has 1 aromatic rings. The molecule has 0 bridgehead atoms. The average Bonchev–Trinajstić information content (AvgIpc) is 2.32. The SMILES string of the molecule is CCOc1ccc(CNCC(C)(C)NC)cc1F. The summed E-state index contributed by atoms with van der Waals surface area (Å²) in [4.78, 5) is 0. The molecule has 3 nitrogen and oxygen atoms in total. The van der Waals surface area contributed by atoms with E-state index < -0.39 is 0 Å². The second-order valence-electron chi connectivity index (χ2n) is 4.94. The summed E-state index contributed by atoms with van der Waals surface area (Å²) in [6.45, 7) is 8.00. The molecule has 4 heteroatoms. The number of halogens is 1. The molecule has 0 aliphatic carbocycles. The molecule has 0 fully saturated rings. The van der Waals surface area contributed by atoms with Gasteiger partial charge in [-0.15, -0.1) is 0 Å². The molecule has 0 spiro atoms. The zero-order valence-electron chi connectivity index (χ0n) is 11.6. The lowest BCUT2D eigenvalue weighted by atomic mass is 10.1. The van der Waals surface area contributed by atoms with Gasteiger partial charge in [0, 0.05) is 18.6 Å². The minimum Gasteiger partial charge on any atom is -0.491 e. The summed E-state index contributed by atoms with van der Waals surface area (Å²) in [7, 11) is 1.93. The number of hydrogen-bond donors (Lipinski definition) is 2. The van der Waals surface area contributed by atoms with E-state index in [9.17, 15) is 4.39 Å². The summed E-state index contributed by atoms with van der Waals surface area (Å²) < 4.78 is 18.8. The van der Waals surface area contributed by atoms with Crippen LogP contribution in [0.25, 0.3) is 0 Å². The second-order valence-corrected chi connectivity index (χ2v) is 4.94. The van der Waals surface area contributed by atoms with Gasteiger partial charge in [-0.25, -0.2) is 4.39 Å². The molecule has 0 atom stereocenters. The van der Waals surface area contributed by atoms with Crippen molar-refractivity contribution in [1.82, 2.24) is 10.6 Å². The maximum absolute atomic E-state index is 13.6. The van der Waals surface area contributed by atoms with Crippen LogP contribution in [0.15, 0.2) is 18.2 Å². The Morgan fingerprint density at radius 2 is 2.06 bits per heavy atom. The van der Waals surface area contributed by atoms with Crippen LogP contribution >= 0.6 is 0 Å². The highest BCUT2D eigenvalue weighted by molar-refractivity contribution is 5.29. The van der Waals surface area contributed by atoms with Crippen molar-refractivity contribution in [2.24, 2.45) is 0 Å². The normalized spacial score (nSPS) is 11.6. The molecule has 18 heavy (non-hydrogen) atoms. The van der Waals surface area contributed by atoms with Crippen LogP contribution in [0, 0.1) is 5.82 Å². The molecule has 1 rings (SSSR count). The van der Waals surface area contributed by atoms with Crippen molar-refractivity contribution in [3.05, 3.63) is 29.6 Å². The van der Waals surface area contributed by atoms with Gasteiger partial charge in [-0.05, 0) is 45.5 Å². The molecule has 0 radical (unpaired) electrons. The van der Waals surface area contributed by atoms with Crippen molar-refractivity contribution < 1.29 is 9.13 Å². The third kappa shape index (κ3) is 4.63. The third-order valence-corrected chi connectivity index (χ3v) is 2.87. The Balaban J connectivity index is 2.51. The summed E-state index contributed by atoms with van der Waals surface area (Å²) in [6, 6.07) is 5.08. The van der Waals surface area contributed by atoms with Gasteiger partial charge in [0.15, 0.2) is 11.6 Å². The molecule has 0 heterocycles. The van der Waals surface area contributed by atoms with E-state index in [1.165, 1.54) is 6.07 Å². The number of likely N-dealkylation sites (N-methyl/N-ethyl adjacent to an activating group) is 1. The first-order chi connectivity index (χ1) is 8.48. The van der Waals surface area contributed by atoms with Crippen LogP contribution in [0.1, 0.15) is 26.3 Å². The molecular formula is C14H23FN2O. The topological polar surface area (TPSA) is 33.3 Å². The zero-order valence-corrected chi connectivity index (χ0v) is 11.6. The predicted molar refractivity (Wildman–Crippen MR) is 72.4 cm³/mol. The third-order valence-electron chi connectivity index (χ3n) is 2.87. The minimum atomic E-state index is -0.302. The molecule has 102 valence electrons. The predicted octanol–water partition coefficient (Wildman–Crippen LogP) is 2.31. The average molecular weight is 254 g/mol. The zero-order chi connectivity index (χ0) is 13.6. The van der Waals surface area contributed by atoms with E-state index in [-0.39, 0.29) is 11.4 Å². The van der Waals surface area contributed by atoms with Gasteiger partial charge in [0.05, 0.1) is 6.61 Å². The first-order valence-corrected chi connectivity index (χ1v) is 6.29. The lowest BCUT2D eigenvalue weighted by Crippen LogP contribution is -2.45. The van der Waals surface area contributed by atoms with Crippen molar-refractivity contribution in [3.8, 4) is 5.75 Å². The number of rotatable bonds is 7. The standard InChI is InChI=1S/C14H23FN2O/c1-5-18-13-7-6-11(8-12(13)15)9-17-10-14(2,3)16-4/h6-8,16-17H,5,9-10H2,1-4H3. The van der Waals surface area contributed by atoms with Crippen molar-refractivity contribution in [3.63, 3.8) is 0 Å². The van der Waals surface area contributed by atoms with Crippen LogP contribution in [-0.4, -0.2) is 25.7 Å². The minimum absolute atomic E-state index is 0.0316.